The fourth-order valence-electron chi connectivity index (χ4n) is 2.89. The first-order chi connectivity index (χ1) is 14.4. The molecule has 0 saturated heterocycles. The van der Waals surface area contributed by atoms with Crippen LogP contribution in [0.25, 0.3) is 11.1 Å². The van der Waals surface area contributed by atoms with Crippen molar-refractivity contribution in [2.75, 3.05) is 5.88 Å². The first-order valence-electron chi connectivity index (χ1n) is 8.85. The topological polar surface area (TPSA) is 29.1 Å². The van der Waals surface area contributed by atoms with Gasteiger partial charge in [-0.1, -0.05) is 54.2 Å². The van der Waals surface area contributed by atoms with Crippen LogP contribution in [0, 0.1) is 11.6 Å². The summed E-state index contributed by atoms with van der Waals surface area (Å²) in [4.78, 5) is 12.8. The number of halogens is 5. The molecule has 0 spiro atoms. The minimum atomic E-state index is -2.48. The van der Waals surface area contributed by atoms with Gasteiger partial charge in [0.2, 0.25) is 0 Å². The molecule has 30 heavy (non-hydrogen) atoms. The largest absolute Gasteiger partial charge is 0.344 e. The number of benzene rings is 3. The van der Waals surface area contributed by atoms with E-state index in [2.05, 4.69) is 5.32 Å². The van der Waals surface area contributed by atoms with Crippen molar-refractivity contribution in [1.29, 1.82) is 0 Å². The van der Waals surface area contributed by atoms with E-state index in [9.17, 15) is 22.4 Å². The van der Waals surface area contributed by atoms with Crippen molar-refractivity contribution in [3.05, 3.63) is 89.5 Å². The first-order valence-corrected chi connectivity index (χ1v) is 10.3. The predicted molar refractivity (Wildman–Crippen MR) is 111 cm³/mol. The smallest absolute Gasteiger partial charge is 0.288 e. The van der Waals surface area contributed by atoms with Crippen LogP contribution in [0.4, 0.5) is 17.6 Å². The molecule has 0 aliphatic heterocycles. The highest BCUT2D eigenvalue weighted by molar-refractivity contribution is 7.99. The predicted octanol–water partition coefficient (Wildman–Crippen LogP) is 6.66. The molecule has 2 nitrogen and oxygen atoms in total. The van der Waals surface area contributed by atoms with E-state index in [1.54, 1.807) is 48.5 Å². The van der Waals surface area contributed by atoms with Crippen molar-refractivity contribution in [2.45, 2.75) is 16.7 Å². The molecule has 1 unspecified atom stereocenters. The molecule has 1 N–H and O–H groups in total. The monoisotopic (exact) mass is 453 g/mol. The molecule has 0 bridgehead atoms. The molecule has 156 valence electrons. The van der Waals surface area contributed by atoms with E-state index in [4.69, 9.17) is 11.6 Å². The molecule has 0 saturated carbocycles. The lowest BCUT2D eigenvalue weighted by Crippen LogP contribution is -2.31. The molecule has 0 aromatic heterocycles. The second-order valence-corrected chi connectivity index (χ2v) is 7.67. The number of carbonyl (C=O) groups excluding carboxylic acids is 1. The van der Waals surface area contributed by atoms with E-state index in [0.717, 1.165) is 23.3 Å². The van der Waals surface area contributed by atoms with Crippen LogP contribution < -0.4 is 5.32 Å². The van der Waals surface area contributed by atoms with E-state index in [-0.39, 0.29) is 5.88 Å². The summed E-state index contributed by atoms with van der Waals surface area (Å²) >= 11 is 6.44. The quantitative estimate of drug-likeness (QED) is 0.246. The zero-order valence-corrected chi connectivity index (χ0v) is 17.0. The maximum atomic E-state index is 13.8. The van der Waals surface area contributed by atoms with E-state index >= 15 is 0 Å². The van der Waals surface area contributed by atoms with E-state index in [1.165, 1.54) is 6.07 Å². The van der Waals surface area contributed by atoms with Crippen molar-refractivity contribution in [3.63, 3.8) is 0 Å². The highest BCUT2D eigenvalue weighted by atomic mass is 35.5. The van der Waals surface area contributed by atoms with Crippen LogP contribution in [0.15, 0.2) is 71.6 Å². The van der Waals surface area contributed by atoms with Gasteiger partial charge in [-0.05, 0) is 41.0 Å². The highest BCUT2D eigenvalue weighted by Crippen LogP contribution is 2.29. The third-order valence-corrected chi connectivity index (χ3v) is 5.41. The van der Waals surface area contributed by atoms with Gasteiger partial charge in [0.15, 0.2) is 0 Å². The third kappa shape index (κ3) is 5.34. The Morgan fingerprint density at radius 2 is 1.43 bits per heavy atom. The van der Waals surface area contributed by atoms with Gasteiger partial charge < -0.3 is 5.32 Å². The van der Waals surface area contributed by atoms with Crippen molar-refractivity contribution >= 4 is 29.3 Å². The molecule has 8 heteroatoms. The summed E-state index contributed by atoms with van der Waals surface area (Å²) in [6, 6.07) is 16.3. The Morgan fingerprint density at radius 1 is 0.900 bits per heavy atom. The van der Waals surface area contributed by atoms with Gasteiger partial charge in [-0.2, -0.15) is 8.78 Å². The maximum absolute atomic E-state index is 13.8. The fraction of sp³-hybridized carbons (Fsp3) is 0.136. The summed E-state index contributed by atoms with van der Waals surface area (Å²) in [5.74, 6) is -5.28. The van der Waals surface area contributed by atoms with Crippen LogP contribution in [0.5, 0.6) is 0 Å². The zero-order chi connectivity index (χ0) is 21.7. The summed E-state index contributed by atoms with van der Waals surface area (Å²) in [6.07, 6.45) is 0. The van der Waals surface area contributed by atoms with Gasteiger partial charge in [0.1, 0.15) is 17.2 Å². The fourth-order valence-corrected chi connectivity index (χ4v) is 3.65. The van der Waals surface area contributed by atoms with E-state index in [1.807, 2.05) is 0 Å². The molecule has 3 aromatic carbocycles. The molecule has 3 rings (SSSR count). The Hall–Kier alpha value is -2.51. The standard InChI is InChI=1S/C22H16ClF4NOS/c23-12-19(28-21(29)20-17(24)2-1-3-18(20)25)15-6-4-13(5-7-15)14-8-10-16(11-9-14)30-22(26)27/h1-11,19,22H,12H2,(H,28,29). The lowest BCUT2D eigenvalue weighted by molar-refractivity contribution is 0.0932. The van der Waals surface area contributed by atoms with Crippen LogP contribution in [-0.4, -0.2) is 17.5 Å². The van der Waals surface area contributed by atoms with Gasteiger partial charge in [-0.3, -0.25) is 4.79 Å². The van der Waals surface area contributed by atoms with Gasteiger partial charge in [-0.25, -0.2) is 8.78 Å². The van der Waals surface area contributed by atoms with Gasteiger partial charge in [0.05, 0.1) is 6.04 Å². The van der Waals surface area contributed by atoms with Crippen LogP contribution in [0.3, 0.4) is 0 Å². The lowest BCUT2D eigenvalue weighted by Gasteiger charge is -2.17. The minimum Gasteiger partial charge on any atom is -0.344 e. The molecule has 1 atom stereocenters. The lowest BCUT2D eigenvalue weighted by atomic mass is 10.0. The summed E-state index contributed by atoms with van der Waals surface area (Å²) in [5, 5.41) is 2.54. The summed E-state index contributed by atoms with van der Waals surface area (Å²) < 4.78 is 52.5. The molecule has 0 aliphatic rings. The van der Waals surface area contributed by atoms with Crippen LogP contribution in [0.2, 0.25) is 0 Å². The number of hydrogen-bond acceptors (Lipinski definition) is 2. The molecular formula is C22H16ClF4NOS. The van der Waals surface area contributed by atoms with Crippen molar-refractivity contribution in [3.8, 4) is 11.1 Å². The Balaban J connectivity index is 1.74. The van der Waals surface area contributed by atoms with E-state index in [0.29, 0.717) is 22.2 Å². The highest BCUT2D eigenvalue weighted by Gasteiger charge is 2.21. The van der Waals surface area contributed by atoms with Gasteiger partial charge in [0.25, 0.3) is 11.7 Å². The second-order valence-electron chi connectivity index (χ2n) is 6.30. The average Bonchev–Trinajstić information content (AvgIpc) is 2.72. The Morgan fingerprint density at radius 3 is 1.93 bits per heavy atom. The van der Waals surface area contributed by atoms with Crippen LogP contribution >= 0.6 is 23.4 Å². The van der Waals surface area contributed by atoms with Gasteiger partial charge in [0, 0.05) is 10.8 Å². The van der Waals surface area contributed by atoms with Crippen molar-refractivity contribution < 1.29 is 22.4 Å². The number of nitrogens with one attached hydrogen (secondary N) is 1. The molecule has 0 aliphatic carbocycles. The summed E-state index contributed by atoms with van der Waals surface area (Å²) in [6.45, 7) is 0. The van der Waals surface area contributed by atoms with Crippen LogP contribution in [-0.2, 0) is 0 Å². The molecule has 1 amide bonds. The molecular weight excluding hydrogens is 438 g/mol. The molecule has 0 radical (unpaired) electrons. The SMILES string of the molecule is O=C(NC(CCl)c1ccc(-c2ccc(SC(F)F)cc2)cc1)c1c(F)cccc1F. The van der Waals surface area contributed by atoms with Crippen molar-refractivity contribution in [1.82, 2.24) is 5.32 Å². The maximum Gasteiger partial charge on any atom is 0.288 e. The number of hydrogen-bond donors (Lipinski definition) is 1. The second kappa shape index (κ2) is 10.00. The van der Waals surface area contributed by atoms with Crippen molar-refractivity contribution in [2.24, 2.45) is 0 Å². The number of thioether (sulfide) groups is 1. The Bertz CT molecular complexity index is 992. The average molecular weight is 454 g/mol. The first kappa shape index (κ1) is 22.2. The van der Waals surface area contributed by atoms with Gasteiger partial charge >= 0.3 is 0 Å². The normalized spacial score (nSPS) is 12.1. The number of alkyl halides is 3. The number of amides is 1. The molecule has 0 fully saturated rings. The van der Waals surface area contributed by atoms with Gasteiger partial charge in [-0.15, -0.1) is 11.6 Å². The third-order valence-electron chi connectivity index (χ3n) is 4.38. The molecule has 0 heterocycles. The Kier molecular flexibility index (Phi) is 7.39. The Labute approximate surface area is 180 Å². The summed E-state index contributed by atoms with van der Waals surface area (Å²) in [7, 11) is 0. The summed E-state index contributed by atoms with van der Waals surface area (Å²) in [5.41, 5.74) is 1.67. The number of rotatable bonds is 7. The number of carbonyl (C=O) groups is 1. The molecule has 3 aromatic rings. The minimum absolute atomic E-state index is 0.000701. The zero-order valence-electron chi connectivity index (χ0n) is 15.4. The van der Waals surface area contributed by atoms with Crippen LogP contribution in [0.1, 0.15) is 22.0 Å². The van der Waals surface area contributed by atoms with E-state index < -0.39 is 34.9 Å².